The van der Waals surface area contributed by atoms with Crippen molar-refractivity contribution in [2.75, 3.05) is 14.2 Å². The topological polar surface area (TPSA) is 81.5 Å². The van der Waals surface area contributed by atoms with Gasteiger partial charge in [0.2, 0.25) is 0 Å². The van der Waals surface area contributed by atoms with E-state index in [1.807, 2.05) is 37.3 Å². The van der Waals surface area contributed by atoms with Crippen LogP contribution in [0.1, 0.15) is 41.2 Å². The van der Waals surface area contributed by atoms with E-state index in [0.717, 1.165) is 17.5 Å². The first-order valence-electron chi connectivity index (χ1n) is 11.9. The number of halogens is 3. The number of ether oxygens (including phenoxy) is 1. The Morgan fingerprint density at radius 1 is 1.13 bits per heavy atom. The summed E-state index contributed by atoms with van der Waals surface area (Å²) in [6, 6.07) is 10.00. The molecule has 2 aromatic carbocycles. The molecule has 0 radical (unpaired) electrons. The summed E-state index contributed by atoms with van der Waals surface area (Å²) in [5.74, 6) is -0.597. The van der Waals surface area contributed by atoms with E-state index in [9.17, 15) is 18.0 Å². The molecule has 0 spiro atoms. The second-order valence-electron chi connectivity index (χ2n) is 8.64. The maximum atomic E-state index is 13.2. The first-order chi connectivity index (χ1) is 18.1. The molecule has 0 saturated carbocycles. The third kappa shape index (κ3) is 7.71. The molecule has 0 aromatic heterocycles. The fraction of sp³-hybridized carbons (Fsp3) is 0.321. The van der Waals surface area contributed by atoms with E-state index in [1.165, 1.54) is 27.1 Å². The third-order valence-corrected chi connectivity index (χ3v) is 5.93. The zero-order valence-corrected chi connectivity index (χ0v) is 21.6. The molecular weight excluding hydrogens is 499 g/mol. The highest BCUT2D eigenvalue weighted by Crippen LogP contribution is 2.30. The van der Waals surface area contributed by atoms with Gasteiger partial charge in [0.05, 0.1) is 5.71 Å². The number of aryl methyl sites for hydroxylation is 1. The number of oxime groups is 2. The first-order valence-corrected chi connectivity index (χ1v) is 11.9. The van der Waals surface area contributed by atoms with Gasteiger partial charge in [-0.15, -0.1) is 13.2 Å². The smallest absolute Gasteiger partial charge is 0.405 e. The van der Waals surface area contributed by atoms with Gasteiger partial charge in [0.1, 0.15) is 19.5 Å². The van der Waals surface area contributed by atoms with Crippen molar-refractivity contribution in [1.29, 1.82) is 0 Å². The summed E-state index contributed by atoms with van der Waals surface area (Å²) in [6.07, 6.45) is 4.47. The molecule has 0 fully saturated rings. The van der Waals surface area contributed by atoms with Crippen LogP contribution in [-0.4, -0.2) is 37.9 Å². The molecule has 202 valence electrons. The number of allylic oxidation sites excluding steroid dienone is 4. The Hall–Kier alpha value is -4.08. The van der Waals surface area contributed by atoms with E-state index in [1.54, 1.807) is 24.3 Å². The fourth-order valence-electron chi connectivity index (χ4n) is 4.07. The molecule has 0 saturated heterocycles. The van der Waals surface area contributed by atoms with Crippen LogP contribution >= 0.6 is 0 Å². The number of hydrogen-bond acceptors (Lipinski definition) is 6. The van der Waals surface area contributed by atoms with Crippen molar-refractivity contribution in [3.8, 4) is 5.75 Å². The standard InChI is InChI=1S/C28H30F3N3O4/c1-18-9-8-12-23(26(34-36-4)27(35)32-3)24(18)17-37-33-19(2)22-14-13-21(15-20-10-6-5-7-11-20)16-25(22)38-28(29,30)31/h5-10,12-14,16,20H,11,15,17H2,1-4H3,(H,32,35)/b33-19+,34-26+. The van der Waals surface area contributed by atoms with E-state index in [0.29, 0.717) is 17.5 Å². The van der Waals surface area contributed by atoms with Crippen LogP contribution < -0.4 is 10.1 Å². The molecule has 1 aliphatic rings. The molecule has 0 aliphatic heterocycles. The number of hydrogen-bond donors (Lipinski definition) is 1. The van der Waals surface area contributed by atoms with E-state index < -0.39 is 12.3 Å². The molecule has 0 bridgehead atoms. The molecule has 0 heterocycles. The van der Waals surface area contributed by atoms with Crippen LogP contribution in [0.25, 0.3) is 0 Å². The maximum Gasteiger partial charge on any atom is 0.573 e. The Labute approximate surface area is 219 Å². The van der Waals surface area contributed by atoms with Crippen LogP contribution in [-0.2, 0) is 27.5 Å². The summed E-state index contributed by atoms with van der Waals surface area (Å²) in [6.45, 7) is 3.31. The van der Waals surface area contributed by atoms with Crippen LogP contribution in [0.4, 0.5) is 13.2 Å². The van der Waals surface area contributed by atoms with Crippen LogP contribution in [0.3, 0.4) is 0 Å². The lowest BCUT2D eigenvalue weighted by atomic mass is 9.92. The Balaban J connectivity index is 1.85. The van der Waals surface area contributed by atoms with Gasteiger partial charge in [0.15, 0.2) is 5.71 Å². The summed E-state index contributed by atoms with van der Waals surface area (Å²) in [7, 11) is 2.80. The van der Waals surface area contributed by atoms with E-state index in [2.05, 4.69) is 20.4 Å². The van der Waals surface area contributed by atoms with Crippen LogP contribution in [0.15, 0.2) is 71.0 Å². The van der Waals surface area contributed by atoms with Gasteiger partial charge in [-0.25, -0.2) is 0 Å². The molecule has 1 amide bonds. The molecule has 7 nitrogen and oxygen atoms in total. The molecule has 2 aromatic rings. The van der Waals surface area contributed by atoms with Crippen molar-refractivity contribution >= 4 is 17.3 Å². The van der Waals surface area contributed by atoms with Gasteiger partial charge < -0.3 is 19.7 Å². The average Bonchev–Trinajstić information content (AvgIpc) is 2.87. The van der Waals surface area contributed by atoms with Gasteiger partial charge in [-0.2, -0.15) is 0 Å². The summed E-state index contributed by atoms with van der Waals surface area (Å²) >= 11 is 0. The molecule has 1 atom stereocenters. The predicted molar refractivity (Wildman–Crippen MR) is 139 cm³/mol. The maximum absolute atomic E-state index is 13.2. The van der Waals surface area contributed by atoms with Gasteiger partial charge in [-0.3, -0.25) is 4.79 Å². The second kappa shape index (κ2) is 12.9. The minimum absolute atomic E-state index is 0.0535. The Kier molecular flexibility index (Phi) is 9.70. The number of rotatable bonds is 10. The van der Waals surface area contributed by atoms with Crippen LogP contribution in [0, 0.1) is 12.8 Å². The van der Waals surface area contributed by atoms with E-state index >= 15 is 0 Å². The van der Waals surface area contributed by atoms with Gasteiger partial charge in [0, 0.05) is 23.7 Å². The van der Waals surface area contributed by atoms with Gasteiger partial charge in [-0.05, 0) is 55.9 Å². The first kappa shape index (κ1) is 28.5. The Morgan fingerprint density at radius 2 is 1.92 bits per heavy atom. The molecule has 3 rings (SSSR count). The SMILES string of the molecule is CNC(=O)/C(=N/OC)c1cccc(C)c1CO/N=C(\C)c1ccc(CC2C=CC=CC2)cc1OC(F)(F)F. The zero-order valence-electron chi connectivity index (χ0n) is 21.6. The summed E-state index contributed by atoms with van der Waals surface area (Å²) in [5, 5.41) is 10.4. The van der Waals surface area contributed by atoms with Crippen LogP contribution in [0.2, 0.25) is 0 Å². The van der Waals surface area contributed by atoms with Crippen molar-refractivity contribution in [3.05, 3.63) is 88.5 Å². The van der Waals surface area contributed by atoms with Crippen molar-refractivity contribution in [2.45, 2.75) is 39.7 Å². The number of benzene rings is 2. The second-order valence-corrected chi connectivity index (χ2v) is 8.64. The molecular formula is C28H30F3N3O4. The number of alkyl halides is 3. The Bertz CT molecular complexity index is 1270. The summed E-state index contributed by atoms with van der Waals surface area (Å²) < 4.78 is 43.9. The van der Waals surface area contributed by atoms with E-state index in [-0.39, 0.29) is 35.3 Å². The molecule has 1 unspecified atom stereocenters. The predicted octanol–water partition coefficient (Wildman–Crippen LogP) is 5.61. The summed E-state index contributed by atoms with van der Waals surface area (Å²) in [4.78, 5) is 22.7. The lowest BCUT2D eigenvalue weighted by molar-refractivity contribution is -0.274. The van der Waals surface area contributed by atoms with Crippen LogP contribution in [0.5, 0.6) is 5.75 Å². The highest BCUT2D eigenvalue weighted by molar-refractivity contribution is 6.45. The molecule has 10 heteroatoms. The van der Waals surface area contributed by atoms with Crippen molar-refractivity contribution in [3.63, 3.8) is 0 Å². The summed E-state index contributed by atoms with van der Waals surface area (Å²) in [5.41, 5.74) is 3.04. The fourth-order valence-corrected chi connectivity index (χ4v) is 4.07. The van der Waals surface area contributed by atoms with Crippen molar-refractivity contribution in [1.82, 2.24) is 5.32 Å². The van der Waals surface area contributed by atoms with Gasteiger partial charge >= 0.3 is 6.36 Å². The highest BCUT2D eigenvalue weighted by atomic mass is 19.4. The number of carbonyl (C=O) groups is 1. The molecule has 38 heavy (non-hydrogen) atoms. The van der Waals surface area contributed by atoms with Gasteiger partial charge in [-0.1, -0.05) is 58.9 Å². The monoisotopic (exact) mass is 529 g/mol. The largest absolute Gasteiger partial charge is 0.573 e. The quantitative estimate of drug-likeness (QED) is 0.321. The third-order valence-electron chi connectivity index (χ3n) is 5.93. The Morgan fingerprint density at radius 3 is 2.58 bits per heavy atom. The minimum Gasteiger partial charge on any atom is -0.405 e. The van der Waals surface area contributed by atoms with Crippen molar-refractivity contribution < 1.29 is 32.4 Å². The molecule has 1 N–H and O–H groups in total. The lowest BCUT2D eigenvalue weighted by Crippen LogP contribution is -2.29. The average molecular weight is 530 g/mol. The highest BCUT2D eigenvalue weighted by Gasteiger charge is 2.32. The normalized spacial score (nSPS) is 15.8. The number of carbonyl (C=O) groups excluding carboxylic acids is 1. The molecule has 1 aliphatic carbocycles. The minimum atomic E-state index is -4.87. The van der Waals surface area contributed by atoms with Gasteiger partial charge in [0.25, 0.3) is 5.91 Å². The number of nitrogens with zero attached hydrogens (tertiary/aromatic N) is 2. The van der Waals surface area contributed by atoms with E-state index in [4.69, 9.17) is 9.68 Å². The van der Waals surface area contributed by atoms with Crippen molar-refractivity contribution in [2.24, 2.45) is 16.2 Å². The number of amides is 1. The number of likely N-dealkylation sites (N-methyl/N-ethyl adjacent to an activating group) is 1. The number of nitrogens with one attached hydrogen (secondary N) is 1. The lowest BCUT2D eigenvalue weighted by Gasteiger charge is -2.17. The zero-order chi connectivity index (χ0) is 27.7.